The number of rotatable bonds is 2. The highest BCUT2D eigenvalue weighted by Crippen LogP contribution is 2.28. The third-order valence-electron chi connectivity index (χ3n) is 3.96. The lowest BCUT2D eigenvalue weighted by atomic mass is 9.89. The van der Waals surface area contributed by atoms with Crippen molar-refractivity contribution >= 4 is 23.7 Å². The second-order valence-electron chi connectivity index (χ2n) is 5.21. The van der Waals surface area contributed by atoms with Crippen molar-refractivity contribution in [2.45, 2.75) is 19.9 Å². The van der Waals surface area contributed by atoms with Crippen molar-refractivity contribution in [2.75, 3.05) is 26.2 Å². The van der Waals surface area contributed by atoms with Gasteiger partial charge in [-0.05, 0) is 56.9 Å². The van der Waals surface area contributed by atoms with E-state index in [1.54, 1.807) is 0 Å². The molecule has 1 aromatic heterocycles. The normalized spacial score (nSPS) is 28.8. The van der Waals surface area contributed by atoms with Crippen molar-refractivity contribution in [3.8, 4) is 0 Å². The predicted octanol–water partition coefficient (Wildman–Crippen LogP) is 2.52. The predicted molar refractivity (Wildman–Crippen MR) is 76.0 cm³/mol. The number of halogens is 1. The minimum Gasteiger partial charge on any atom is -0.316 e. The second-order valence-corrected chi connectivity index (χ2v) is 6.59. The lowest BCUT2D eigenvalue weighted by Gasteiger charge is -2.34. The smallest absolute Gasteiger partial charge is 0.0328 e. The first-order valence-electron chi connectivity index (χ1n) is 6.29. The number of hydrogen-bond donors (Lipinski definition) is 1. The van der Waals surface area contributed by atoms with Gasteiger partial charge >= 0.3 is 0 Å². The Morgan fingerprint density at radius 3 is 2.94 bits per heavy atom. The molecular formula is C13H21ClN2S. The number of thiophene rings is 1. The highest BCUT2D eigenvalue weighted by Gasteiger charge is 2.32. The van der Waals surface area contributed by atoms with Crippen LogP contribution in [0, 0.1) is 18.8 Å². The molecule has 1 aromatic rings. The largest absolute Gasteiger partial charge is 0.316 e. The molecule has 2 atom stereocenters. The third-order valence-corrected chi connectivity index (χ3v) is 4.95. The molecule has 1 N–H and O–H groups in total. The van der Waals surface area contributed by atoms with Crippen molar-refractivity contribution in [3.05, 3.63) is 21.9 Å². The number of piperidine rings is 1. The van der Waals surface area contributed by atoms with Crippen LogP contribution < -0.4 is 5.32 Å². The molecule has 2 aliphatic heterocycles. The van der Waals surface area contributed by atoms with Crippen molar-refractivity contribution in [3.63, 3.8) is 0 Å². The first-order chi connectivity index (χ1) is 7.81. The molecule has 2 unspecified atom stereocenters. The summed E-state index contributed by atoms with van der Waals surface area (Å²) in [5, 5.41) is 3.53. The minimum atomic E-state index is 0. The molecular weight excluding hydrogens is 252 g/mol. The summed E-state index contributed by atoms with van der Waals surface area (Å²) >= 11 is 1.95. The molecule has 4 heteroatoms. The van der Waals surface area contributed by atoms with Crippen LogP contribution in [-0.2, 0) is 6.54 Å². The Hall–Kier alpha value is -0.0900. The Bertz CT molecular complexity index is 366. The van der Waals surface area contributed by atoms with Gasteiger partial charge in [-0.1, -0.05) is 0 Å². The van der Waals surface area contributed by atoms with Crippen LogP contribution in [0.4, 0.5) is 0 Å². The fourth-order valence-electron chi connectivity index (χ4n) is 3.04. The van der Waals surface area contributed by atoms with E-state index in [1.807, 2.05) is 11.3 Å². The number of hydrogen-bond acceptors (Lipinski definition) is 3. The molecule has 17 heavy (non-hydrogen) atoms. The summed E-state index contributed by atoms with van der Waals surface area (Å²) in [6.45, 7) is 8.46. The van der Waals surface area contributed by atoms with E-state index < -0.39 is 0 Å². The average Bonchev–Trinajstić information content (AvgIpc) is 2.87. The molecule has 3 rings (SSSR count). The molecule has 0 aromatic carbocycles. The number of nitrogens with one attached hydrogen (secondary N) is 1. The topological polar surface area (TPSA) is 15.3 Å². The highest BCUT2D eigenvalue weighted by atomic mass is 35.5. The summed E-state index contributed by atoms with van der Waals surface area (Å²) in [5.74, 6) is 1.87. The van der Waals surface area contributed by atoms with Crippen molar-refractivity contribution in [1.82, 2.24) is 10.2 Å². The first kappa shape index (κ1) is 13.3. The van der Waals surface area contributed by atoms with Crippen LogP contribution in [0.2, 0.25) is 0 Å². The molecule has 0 saturated carbocycles. The third kappa shape index (κ3) is 3.02. The van der Waals surface area contributed by atoms with Gasteiger partial charge in [-0.2, -0.15) is 0 Å². The van der Waals surface area contributed by atoms with Crippen molar-refractivity contribution < 1.29 is 0 Å². The first-order valence-corrected chi connectivity index (χ1v) is 7.11. The highest BCUT2D eigenvalue weighted by molar-refractivity contribution is 7.11. The van der Waals surface area contributed by atoms with Gasteiger partial charge in [0.1, 0.15) is 0 Å². The molecule has 2 aliphatic rings. The lowest BCUT2D eigenvalue weighted by molar-refractivity contribution is 0.143. The number of nitrogens with zero attached hydrogens (tertiary/aromatic N) is 1. The van der Waals surface area contributed by atoms with Crippen LogP contribution >= 0.6 is 23.7 Å². The monoisotopic (exact) mass is 272 g/mol. The van der Waals surface area contributed by atoms with E-state index in [4.69, 9.17) is 0 Å². The van der Waals surface area contributed by atoms with E-state index in [9.17, 15) is 0 Å². The molecule has 0 bridgehead atoms. The van der Waals surface area contributed by atoms with Crippen molar-refractivity contribution in [2.24, 2.45) is 11.8 Å². The Morgan fingerprint density at radius 2 is 2.18 bits per heavy atom. The minimum absolute atomic E-state index is 0. The molecule has 0 spiro atoms. The molecule has 2 saturated heterocycles. The molecule has 3 heterocycles. The summed E-state index contributed by atoms with van der Waals surface area (Å²) in [4.78, 5) is 5.61. The summed E-state index contributed by atoms with van der Waals surface area (Å²) in [7, 11) is 0. The van der Waals surface area contributed by atoms with Gasteiger partial charge in [0.25, 0.3) is 0 Å². The molecule has 0 radical (unpaired) electrons. The standard InChI is InChI=1S/C13H20N2S.ClH/c1-10-2-3-13(16-10)9-15-5-4-11-6-14-7-12(11)8-15;/h2-3,11-12,14H,4-9H2,1H3;1H. The van der Waals surface area contributed by atoms with E-state index in [2.05, 4.69) is 29.3 Å². The summed E-state index contributed by atoms with van der Waals surface area (Å²) in [6, 6.07) is 4.53. The maximum atomic E-state index is 3.53. The lowest BCUT2D eigenvalue weighted by Crippen LogP contribution is -2.39. The van der Waals surface area contributed by atoms with E-state index in [1.165, 1.54) is 48.9 Å². The summed E-state index contributed by atoms with van der Waals surface area (Å²) < 4.78 is 0. The van der Waals surface area contributed by atoms with E-state index in [-0.39, 0.29) is 12.4 Å². The van der Waals surface area contributed by atoms with Gasteiger partial charge in [-0.15, -0.1) is 23.7 Å². The fraction of sp³-hybridized carbons (Fsp3) is 0.692. The zero-order valence-corrected chi connectivity index (χ0v) is 11.9. The van der Waals surface area contributed by atoms with Gasteiger partial charge in [0, 0.05) is 22.8 Å². The van der Waals surface area contributed by atoms with Gasteiger partial charge in [-0.25, -0.2) is 0 Å². The Morgan fingerprint density at radius 1 is 1.35 bits per heavy atom. The maximum Gasteiger partial charge on any atom is 0.0328 e. The summed E-state index contributed by atoms with van der Waals surface area (Å²) in [6.07, 6.45) is 1.39. The van der Waals surface area contributed by atoms with Crippen LogP contribution in [-0.4, -0.2) is 31.1 Å². The Balaban J connectivity index is 0.00000108. The number of likely N-dealkylation sites (tertiary alicyclic amines) is 1. The second kappa shape index (κ2) is 5.70. The van der Waals surface area contributed by atoms with Crippen LogP contribution in [0.3, 0.4) is 0 Å². The van der Waals surface area contributed by atoms with Crippen LogP contribution in [0.25, 0.3) is 0 Å². The molecule has 0 aliphatic carbocycles. The zero-order chi connectivity index (χ0) is 11.0. The Kier molecular flexibility index (Phi) is 4.47. The van der Waals surface area contributed by atoms with E-state index in [0.717, 1.165) is 11.8 Å². The van der Waals surface area contributed by atoms with E-state index >= 15 is 0 Å². The Labute approximate surface area is 114 Å². The SMILES string of the molecule is Cc1ccc(CN2CCC3CNCC3C2)s1.Cl. The van der Waals surface area contributed by atoms with Crippen molar-refractivity contribution in [1.29, 1.82) is 0 Å². The van der Waals surface area contributed by atoms with E-state index in [0.29, 0.717) is 0 Å². The molecule has 96 valence electrons. The molecule has 0 amide bonds. The van der Waals surface area contributed by atoms with Crippen LogP contribution in [0.15, 0.2) is 12.1 Å². The van der Waals surface area contributed by atoms with Crippen LogP contribution in [0.5, 0.6) is 0 Å². The quantitative estimate of drug-likeness (QED) is 0.890. The van der Waals surface area contributed by atoms with Gasteiger partial charge in [0.05, 0.1) is 0 Å². The zero-order valence-electron chi connectivity index (χ0n) is 10.3. The molecule has 2 nitrogen and oxygen atoms in total. The van der Waals surface area contributed by atoms with Crippen LogP contribution in [0.1, 0.15) is 16.2 Å². The molecule has 2 fully saturated rings. The maximum absolute atomic E-state index is 3.53. The van der Waals surface area contributed by atoms with Gasteiger partial charge in [-0.3, -0.25) is 4.90 Å². The van der Waals surface area contributed by atoms with Gasteiger partial charge < -0.3 is 5.32 Å². The number of fused-ring (bicyclic) bond motifs is 1. The van der Waals surface area contributed by atoms with Gasteiger partial charge in [0.15, 0.2) is 0 Å². The number of aryl methyl sites for hydroxylation is 1. The average molecular weight is 273 g/mol. The summed E-state index contributed by atoms with van der Waals surface area (Å²) in [5.41, 5.74) is 0. The fourth-order valence-corrected chi connectivity index (χ4v) is 3.98. The van der Waals surface area contributed by atoms with Gasteiger partial charge in [0.2, 0.25) is 0 Å².